The molecular formula is C6H11N3OS. The molecule has 11 heavy (non-hydrogen) atoms. The molecule has 0 aliphatic rings. The molecule has 1 amide bonds. The minimum Gasteiger partial charge on any atom is -0.358 e. The number of carbonyl (C=O) groups excluding carboxylic acids is 1. The van der Waals surface area contributed by atoms with Gasteiger partial charge in [0.25, 0.3) is 0 Å². The molecule has 4 nitrogen and oxygen atoms in total. The third kappa shape index (κ3) is 5.70. The predicted molar refractivity (Wildman–Crippen MR) is 45.0 cm³/mol. The number of rotatable bonds is 4. The van der Waals surface area contributed by atoms with Crippen molar-refractivity contribution in [3.63, 3.8) is 0 Å². The van der Waals surface area contributed by atoms with Gasteiger partial charge in [0, 0.05) is 12.8 Å². The smallest absolute Gasteiger partial charge is 0.229 e. The summed E-state index contributed by atoms with van der Waals surface area (Å²) in [4.78, 5) is 10.6. The van der Waals surface area contributed by atoms with Crippen LogP contribution in [0.15, 0.2) is 0 Å². The first kappa shape index (κ1) is 10.3. The van der Waals surface area contributed by atoms with Crippen LogP contribution in [0.25, 0.3) is 0 Å². The number of amides is 1. The van der Waals surface area contributed by atoms with Gasteiger partial charge in [0.1, 0.15) is 6.04 Å². The first-order valence-corrected chi connectivity index (χ1v) is 4.29. The molecule has 0 spiro atoms. The van der Waals surface area contributed by atoms with E-state index in [4.69, 9.17) is 11.0 Å². The molecule has 0 aliphatic carbocycles. The van der Waals surface area contributed by atoms with Crippen LogP contribution in [0.2, 0.25) is 0 Å². The van der Waals surface area contributed by atoms with Crippen molar-refractivity contribution in [3.05, 3.63) is 0 Å². The molecule has 0 radical (unpaired) electrons. The van der Waals surface area contributed by atoms with E-state index >= 15 is 0 Å². The number of nitrogens with one attached hydrogen (secondary N) is 1. The molecule has 5 heteroatoms. The molecule has 1 unspecified atom stereocenters. The molecule has 62 valence electrons. The average molecular weight is 173 g/mol. The molecular weight excluding hydrogens is 162 g/mol. The molecule has 0 rings (SSSR count). The Morgan fingerprint density at radius 2 is 2.55 bits per heavy atom. The fourth-order valence-corrected chi connectivity index (χ4v) is 1.16. The zero-order chi connectivity index (χ0) is 8.69. The molecule has 0 aromatic heterocycles. The van der Waals surface area contributed by atoms with Crippen LogP contribution in [0.3, 0.4) is 0 Å². The first-order valence-electron chi connectivity index (χ1n) is 3.14. The Bertz CT molecular complexity index is 166. The number of hydrogen-bond donors (Lipinski definition) is 2. The topological polar surface area (TPSA) is 78.9 Å². The van der Waals surface area contributed by atoms with E-state index in [0.29, 0.717) is 11.5 Å². The van der Waals surface area contributed by atoms with Crippen molar-refractivity contribution in [2.45, 2.75) is 6.04 Å². The van der Waals surface area contributed by atoms with Gasteiger partial charge in [-0.2, -0.15) is 5.26 Å². The lowest BCUT2D eigenvalue weighted by atomic mass is 10.4. The summed E-state index contributed by atoms with van der Waals surface area (Å²) < 4.78 is 0. The van der Waals surface area contributed by atoms with Crippen LogP contribution in [0.1, 0.15) is 0 Å². The number of hydrogen-bond acceptors (Lipinski definition) is 4. The number of carbonyl (C=O) groups is 1. The van der Waals surface area contributed by atoms with Gasteiger partial charge in [-0.1, -0.05) is 0 Å². The van der Waals surface area contributed by atoms with Crippen LogP contribution in [0.4, 0.5) is 0 Å². The van der Waals surface area contributed by atoms with Gasteiger partial charge in [0.15, 0.2) is 0 Å². The Balaban J connectivity index is 3.29. The third-order valence-electron chi connectivity index (χ3n) is 0.975. The van der Waals surface area contributed by atoms with Gasteiger partial charge in [-0.25, -0.2) is 0 Å². The summed E-state index contributed by atoms with van der Waals surface area (Å²) in [7, 11) is 1.58. The Hall–Kier alpha value is -0.730. The Morgan fingerprint density at radius 3 is 3.00 bits per heavy atom. The zero-order valence-electron chi connectivity index (χ0n) is 6.33. The fourth-order valence-electron chi connectivity index (χ4n) is 0.388. The maximum atomic E-state index is 10.6. The molecule has 0 fully saturated rings. The van der Waals surface area contributed by atoms with Crippen molar-refractivity contribution >= 4 is 17.7 Å². The summed E-state index contributed by atoms with van der Waals surface area (Å²) in [5.41, 5.74) is 5.29. The summed E-state index contributed by atoms with van der Waals surface area (Å²) in [5, 5.41) is 10.7. The van der Waals surface area contributed by atoms with E-state index < -0.39 is 6.04 Å². The van der Waals surface area contributed by atoms with Crippen molar-refractivity contribution in [3.8, 4) is 6.07 Å². The second-order valence-electron chi connectivity index (χ2n) is 1.92. The largest absolute Gasteiger partial charge is 0.358 e. The van der Waals surface area contributed by atoms with Crippen molar-refractivity contribution in [2.75, 3.05) is 18.6 Å². The predicted octanol–water partition coefficient (Wildman–Crippen LogP) is -0.684. The molecule has 1 atom stereocenters. The summed E-state index contributed by atoms with van der Waals surface area (Å²) in [6.07, 6.45) is 0. The van der Waals surface area contributed by atoms with E-state index in [0.717, 1.165) is 0 Å². The second-order valence-corrected chi connectivity index (χ2v) is 2.95. The SMILES string of the molecule is CNC(=O)CSCC(N)C#N. The van der Waals surface area contributed by atoms with Crippen LogP contribution >= 0.6 is 11.8 Å². The van der Waals surface area contributed by atoms with Crippen LogP contribution < -0.4 is 11.1 Å². The van der Waals surface area contributed by atoms with E-state index in [1.165, 1.54) is 11.8 Å². The Morgan fingerprint density at radius 1 is 1.91 bits per heavy atom. The highest BCUT2D eigenvalue weighted by atomic mass is 32.2. The molecule has 3 N–H and O–H groups in total. The second kappa shape index (κ2) is 6.01. The van der Waals surface area contributed by atoms with E-state index in [-0.39, 0.29) is 5.91 Å². The fraction of sp³-hybridized carbons (Fsp3) is 0.667. The van der Waals surface area contributed by atoms with Gasteiger partial charge in [0.05, 0.1) is 11.8 Å². The number of nitriles is 1. The zero-order valence-corrected chi connectivity index (χ0v) is 7.15. The monoisotopic (exact) mass is 173 g/mol. The lowest BCUT2D eigenvalue weighted by molar-refractivity contribution is -0.118. The van der Waals surface area contributed by atoms with Gasteiger partial charge in [0.2, 0.25) is 5.91 Å². The quantitative estimate of drug-likeness (QED) is 0.590. The molecule has 0 aromatic carbocycles. The van der Waals surface area contributed by atoms with Gasteiger partial charge in [-0.3, -0.25) is 4.79 Å². The lowest BCUT2D eigenvalue weighted by Gasteiger charge is -2.00. The van der Waals surface area contributed by atoms with E-state index in [1.807, 2.05) is 6.07 Å². The highest BCUT2D eigenvalue weighted by molar-refractivity contribution is 8.00. The van der Waals surface area contributed by atoms with Gasteiger partial charge >= 0.3 is 0 Å². The van der Waals surface area contributed by atoms with Crippen LogP contribution in [-0.4, -0.2) is 30.5 Å². The lowest BCUT2D eigenvalue weighted by Crippen LogP contribution is -2.24. The van der Waals surface area contributed by atoms with E-state index in [1.54, 1.807) is 7.05 Å². The Kier molecular flexibility index (Phi) is 5.61. The summed E-state index contributed by atoms with van der Waals surface area (Å²) in [6.45, 7) is 0. The molecule has 0 saturated heterocycles. The first-order chi connectivity index (χ1) is 5.20. The third-order valence-corrected chi connectivity index (χ3v) is 2.04. The highest BCUT2D eigenvalue weighted by Gasteiger charge is 2.02. The van der Waals surface area contributed by atoms with Gasteiger partial charge < -0.3 is 11.1 Å². The van der Waals surface area contributed by atoms with Crippen LogP contribution in [-0.2, 0) is 4.79 Å². The van der Waals surface area contributed by atoms with Gasteiger partial charge in [-0.05, 0) is 0 Å². The number of nitrogens with two attached hydrogens (primary N) is 1. The molecule has 0 heterocycles. The minimum atomic E-state index is -0.468. The number of thioether (sulfide) groups is 1. The van der Waals surface area contributed by atoms with Crippen molar-refractivity contribution < 1.29 is 4.79 Å². The standard InChI is InChI=1S/C6H11N3OS/c1-9-6(10)4-11-3-5(8)2-7/h5H,3-4,8H2,1H3,(H,9,10). The van der Waals surface area contributed by atoms with E-state index in [2.05, 4.69) is 5.32 Å². The molecule has 0 bridgehead atoms. The van der Waals surface area contributed by atoms with Crippen molar-refractivity contribution in [2.24, 2.45) is 5.73 Å². The van der Waals surface area contributed by atoms with Crippen LogP contribution in [0.5, 0.6) is 0 Å². The summed E-state index contributed by atoms with van der Waals surface area (Å²) >= 11 is 1.36. The Labute approximate surface area is 70.1 Å². The average Bonchev–Trinajstić information content (AvgIpc) is 2.04. The minimum absolute atomic E-state index is 0.0415. The normalized spacial score (nSPS) is 11.7. The maximum Gasteiger partial charge on any atom is 0.229 e. The molecule has 0 saturated carbocycles. The maximum absolute atomic E-state index is 10.6. The van der Waals surface area contributed by atoms with Gasteiger partial charge in [-0.15, -0.1) is 11.8 Å². The van der Waals surface area contributed by atoms with Crippen LogP contribution in [0, 0.1) is 11.3 Å². The van der Waals surface area contributed by atoms with Crippen molar-refractivity contribution in [1.29, 1.82) is 5.26 Å². The van der Waals surface area contributed by atoms with Crippen molar-refractivity contribution in [1.82, 2.24) is 5.32 Å². The van der Waals surface area contributed by atoms with E-state index in [9.17, 15) is 4.79 Å². The molecule has 0 aliphatic heterocycles. The highest BCUT2D eigenvalue weighted by Crippen LogP contribution is 1.99. The molecule has 0 aromatic rings. The number of nitrogens with zero attached hydrogens (tertiary/aromatic N) is 1. The summed E-state index contributed by atoms with van der Waals surface area (Å²) in [6, 6.07) is 1.41. The summed E-state index contributed by atoms with van der Waals surface area (Å²) in [5.74, 6) is 0.829.